The number of carbonyl (C=O) groups excluding carboxylic acids is 1. The summed E-state index contributed by atoms with van der Waals surface area (Å²) in [5, 5.41) is 12.0. The minimum absolute atomic E-state index is 0.0129. The lowest BCUT2D eigenvalue weighted by Crippen LogP contribution is -2.59. The van der Waals surface area contributed by atoms with E-state index < -0.39 is 8.25 Å². The molecule has 4 N–H and O–H groups in total. The van der Waals surface area contributed by atoms with Crippen molar-refractivity contribution in [2.45, 2.75) is 155 Å². The second-order valence-electron chi connectivity index (χ2n) is 21.6. The normalized spacial score (nSPS) is 20.0. The van der Waals surface area contributed by atoms with Crippen LogP contribution in [0.25, 0.3) is 31.3 Å². The molecule has 18 heteroatoms. The summed E-state index contributed by atoms with van der Waals surface area (Å²) in [6.45, 7) is 28.5. The molecule has 2 aliphatic carbocycles. The average Bonchev–Trinajstić information content (AvgIpc) is 3.98. The van der Waals surface area contributed by atoms with E-state index in [0.29, 0.717) is 17.0 Å². The Morgan fingerprint density at radius 2 is 1.63 bits per heavy atom. The summed E-state index contributed by atoms with van der Waals surface area (Å²) in [5.41, 5.74) is 6.79. The van der Waals surface area contributed by atoms with Gasteiger partial charge in [0.2, 0.25) is 0 Å². The van der Waals surface area contributed by atoms with Gasteiger partial charge in [-0.05, 0) is 99.6 Å². The largest absolute Gasteiger partial charge is 0.694 e. The predicted octanol–water partition coefficient (Wildman–Crippen LogP) is 14.3. The molecule has 3 aliphatic rings. The molecule has 4 aromatic heterocycles. The molecule has 1 amide bonds. The van der Waals surface area contributed by atoms with Gasteiger partial charge in [0.05, 0.1) is 31.8 Å². The van der Waals surface area contributed by atoms with Gasteiger partial charge in [-0.15, -0.1) is 43.9 Å². The second kappa shape index (κ2) is 27.5. The predicted molar refractivity (Wildman–Crippen MR) is 315 cm³/mol. The van der Waals surface area contributed by atoms with Crippen molar-refractivity contribution in [2.24, 2.45) is 17.3 Å². The summed E-state index contributed by atoms with van der Waals surface area (Å²) in [6.07, 6.45) is 14.7. The first-order chi connectivity index (χ1) is 36.1. The number of ether oxygens (including phenoxy) is 1. The number of fused-ring (bicyclic) bond motifs is 3. The SMILES string of the molecule is CC.CC(C)(C)Sc1cc2c(Nc3ccc4scnc4c3)ncnc2cc1OCCO[P+](=O)O.CCNc1c(C(=O)NCCC2CCCC(N3CCN(C4CCC4C(C)(C)CC)CC3)CCC2)sc2nc(C)ccc12. The van der Waals surface area contributed by atoms with Crippen molar-refractivity contribution in [2.75, 3.05) is 63.1 Å². The summed E-state index contributed by atoms with van der Waals surface area (Å²) >= 11 is 4.77. The highest BCUT2D eigenvalue weighted by molar-refractivity contribution is 8.00. The van der Waals surface area contributed by atoms with Gasteiger partial charge >= 0.3 is 8.25 Å². The number of nitrogens with zero attached hydrogens (tertiary/aromatic N) is 6. The first kappa shape index (κ1) is 58.6. The third-order valence-corrected chi connectivity index (χ3v) is 18.6. The number of thiophene rings is 1. The minimum Gasteiger partial charge on any atom is -0.490 e. The Bertz CT molecular complexity index is 2800. The summed E-state index contributed by atoms with van der Waals surface area (Å²) < 4.78 is 22.4. The van der Waals surface area contributed by atoms with E-state index in [1.54, 1.807) is 23.1 Å². The zero-order chi connectivity index (χ0) is 53.7. The van der Waals surface area contributed by atoms with Crippen LogP contribution in [0.2, 0.25) is 0 Å². The van der Waals surface area contributed by atoms with Crippen LogP contribution in [0.1, 0.15) is 142 Å². The number of carbonyl (C=O) groups is 1. The maximum atomic E-state index is 13.2. The van der Waals surface area contributed by atoms with Crippen LogP contribution in [-0.4, -0.2) is 110 Å². The van der Waals surface area contributed by atoms with Gasteiger partial charge in [0.1, 0.15) is 40.8 Å². The quantitative estimate of drug-likeness (QED) is 0.0365. The third kappa shape index (κ3) is 15.8. The Hall–Kier alpha value is -4.06. The average molecular weight is 1100 g/mol. The molecule has 14 nitrogen and oxygen atoms in total. The maximum absolute atomic E-state index is 13.2. The van der Waals surface area contributed by atoms with Crippen LogP contribution >= 0.6 is 42.7 Å². The van der Waals surface area contributed by atoms with E-state index in [2.05, 4.69) is 100 Å². The van der Waals surface area contributed by atoms with Gasteiger partial charge in [-0.3, -0.25) is 14.6 Å². The number of amides is 1. The molecule has 0 bridgehead atoms. The molecule has 2 saturated carbocycles. The van der Waals surface area contributed by atoms with E-state index in [1.807, 2.05) is 62.7 Å². The number of piperazine rings is 1. The highest BCUT2D eigenvalue weighted by Gasteiger charge is 2.44. The number of nitrogens with one attached hydrogen (secondary N) is 3. The molecular formula is C57H83N9O5PS3+. The first-order valence-corrected chi connectivity index (χ1v) is 31.1. The molecule has 75 heavy (non-hydrogen) atoms. The van der Waals surface area contributed by atoms with Crippen molar-refractivity contribution in [1.82, 2.24) is 35.1 Å². The molecule has 3 fully saturated rings. The lowest BCUT2D eigenvalue weighted by molar-refractivity contribution is -0.0390. The zero-order valence-corrected chi connectivity index (χ0v) is 49.5. The Morgan fingerprint density at radius 1 is 0.880 bits per heavy atom. The number of benzene rings is 2. The van der Waals surface area contributed by atoms with Crippen molar-refractivity contribution in [3.05, 3.63) is 64.9 Å². The number of thioether (sulfide) groups is 1. The van der Waals surface area contributed by atoms with E-state index in [9.17, 15) is 9.36 Å². The van der Waals surface area contributed by atoms with E-state index in [0.717, 1.165) is 102 Å². The number of aryl methyl sites for hydroxylation is 1. The number of thiazole rings is 1. The number of anilines is 3. The van der Waals surface area contributed by atoms with Gasteiger partial charge in [-0.25, -0.2) is 19.9 Å². The summed E-state index contributed by atoms with van der Waals surface area (Å²) in [4.78, 5) is 48.2. The molecule has 5 heterocycles. The van der Waals surface area contributed by atoms with Gasteiger partial charge in [0, 0.05) is 88.9 Å². The van der Waals surface area contributed by atoms with Crippen molar-refractivity contribution >= 4 is 97.1 Å². The molecule has 3 atom stereocenters. The maximum Gasteiger partial charge on any atom is 0.694 e. The fourth-order valence-corrected chi connectivity index (χ4v) is 13.9. The molecule has 0 spiro atoms. The van der Waals surface area contributed by atoms with Crippen molar-refractivity contribution in [3.63, 3.8) is 0 Å². The van der Waals surface area contributed by atoms with Gasteiger partial charge < -0.3 is 20.7 Å². The Kier molecular flexibility index (Phi) is 21.5. The molecule has 6 aromatic rings. The van der Waals surface area contributed by atoms with Crippen molar-refractivity contribution in [1.29, 1.82) is 0 Å². The van der Waals surface area contributed by atoms with Gasteiger partial charge in [0.25, 0.3) is 5.91 Å². The highest BCUT2D eigenvalue weighted by Crippen LogP contribution is 2.47. The van der Waals surface area contributed by atoms with E-state index in [-0.39, 0.29) is 23.9 Å². The fraction of sp³-hybridized carbons (Fsp3) is 0.596. The molecular weight excluding hydrogens is 1020 g/mol. The van der Waals surface area contributed by atoms with Crippen LogP contribution in [0.4, 0.5) is 17.2 Å². The molecule has 0 radical (unpaired) electrons. The minimum atomic E-state index is -2.64. The standard InChI is InChI=1S/C34H55N5OS.C21H21N4O4PS2.C2H6/c1-6-34(4,5)28-16-17-29(28)39-22-20-38(21-23-39)26-12-8-10-25(11-9-13-26)18-19-36-32(40)31-30(35-7-2)27-15-14-24(3)37-33(27)41-31;1-21(2,3)32-19-9-14-15(10-17(19)28-6-7-29-30(26)27)22-11-23-20(14)25-13-4-5-18-16(8-13)24-12-31-18;1-2/h14-15,25-26,28-29,35H,6-13,16-23H2,1-5H3,(H,36,40);4-5,8-12H,6-7H2,1-3H3,(H-,22,23,25,26,27);1-2H3/p+1. The van der Waals surface area contributed by atoms with Gasteiger partial charge in [0.15, 0.2) is 0 Å². The number of hydrogen-bond donors (Lipinski definition) is 4. The molecule has 9 rings (SSSR count). The molecule has 1 aliphatic heterocycles. The molecule has 408 valence electrons. The summed E-state index contributed by atoms with van der Waals surface area (Å²) in [7, 11) is -2.64. The van der Waals surface area contributed by atoms with E-state index in [1.165, 1.54) is 102 Å². The van der Waals surface area contributed by atoms with Gasteiger partial charge in [-0.2, -0.15) is 0 Å². The number of hydrogen-bond acceptors (Lipinski definition) is 15. The van der Waals surface area contributed by atoms with E-state index in [4.69, 9.17) is 14.2 Å². The monoisotopic (exact) mass is 1100 g/mol. The number of rotatable bonds is 18. The smallest absolute Gasteiger partial charge is 0.490 e. The molecule has 2 aromatic carbocycles. The highest BCUT2D eigenvalue weighted by atomic mass is 32.2. The van der Waals surface area contributed by atoms with Crippen molar-refractivity contribution < 1.29 is 23.5 Å². The van der Waals surface area contributed by atoms with Crippen LogP contribution in [0.3, 0.4) is 0 Å². The lowest BCUT2D eigenvalue weighted by atomic mass is 9.62. The fourth-order valence-electron chi connectivity index (χ4n) is 10.8. The topological polar surface area (TPSA) is 167 Å². The summed E-state index contributed by atoms with van der Waals surface area (Å²) in [6, 6.07) is 15.6. The zero-order valence-electron chi connectivity index (χ0n) is 46.2. The van der Waals surface area contributed by atoms with Crippen LogP contribution in [-0.2, 0) is 9.09 Å². The molecule has 3 unspecified atom stereocenters. The lowest BCUT2D eigenvalue weighted by Gasteiger charge is -2.53. The summed E-state index contributed by atoms with van der Waals surface area (Å²) in [5.74, 6) is 2.99. The van der Waals surface area contributed by atoms with Crippen LogP contribution < -0.4 is 20.7 Å². The Labute approximate surface area is 459 Å². The van der Waals surface area contributed by atoms with Crippen LogP contribution in [0.15, 0.2) is 59.2 Å². The van der Waals surface area contributed by atoms with E-state index >= 15 is 0 Å². The van der Waals surface area contributed by atoms with Crippen molar-refractivity contribution in [3.8, 4) is 5.75 Å². The van der Waals surface area contributed by atoms with Crippen LogP contribution in [0, 0.1) is 24.2 Å². The Morgan fingerprint density at radius 3 is 2.31 bits per heavy atom. The molecule has 1 saturated heterocycles. The third-order valence-electron chi connectivity index (χ3n) is 15.1. The Balaban J connectivity index is 0.000000218. The first-order valence-electron chi connectivity index (χ1n) is 27.5. The van der Waals surface area contributed by atoms with Gasteiger partial charge in [-0.1, -0.05) is 87.5 Å². The number of pyridine rings is 1. The van der Waals surface area contributed by atoms with Crippen LogP contribution in [0.5, 0.6) is 5.75 Å². The second-order valence-corrected chi connectivity index (χ2v) is 26.1. The number of aromatic nitrogens is 4.